The van der Waals surface area contributed by atoms with Crippen LogP contribution in [0.3, 0.4) is 0 Å². The first-order valence-corrected chi connectivity index (χ1v) is 7.29. The number of aromatic nitrogens is 3. The third-order valence-corrected chi connectivity index (χ3v) is 3.61. The van der Waals surface area contributed by atoms with E-state index in [0.29, 0.717) is 6.54 Å². The number of aryl methyl sites for hydroxylation is 1. The Bertz CT molecular complexity index is 951. The normalized spacial score (nSPS) is 10.8. The van der Waals surface area contributed by atoms with E-state index in [1.807, 2.05) is 35.4 Å². The number of nitrogens with one attached hydrogen (secondary N) is 3. The lowest BCUT2D eigenvalue weighted by molar-refractivity contribution is 0.0950. The van der Waals surface area contributed by atoms with Crippen molar-refractivity contribution in [1.29, 1.82) is 0 Å². The molecule has 2 aromatic heterocycles. The maximum Gasteiger partial charge on any atom is 0.325 e. The van der Waals surface area contributed by atoms with E-state index >= 15 is 0 Å². The number of H-pyrrole nitrogens is 2. The van der Waals surface area contributed by atoms with E-state index in [4.69, 9.17) is 0 Å². The summed E-state index contributed by atoms with van der Waals surface area (Å²) in [6.07, 6.45) is 3.86. The van der Waals surface area contributed by atoms with Crippen molar-refractivity contribution < 1.29 is 4.79 Å². The van der Waals surface area contributed by atoms with Gasteiger partial charge in [0.2, 0.25) is 0 Å². The number of fused-ring (bicyclic) bond motifs is 1. The molecular weight excluding hydrogens is 296 g/mol. The van der Waals surface area contributed by atoms with Crippen molar-refractivity contribution >= 4 is 16.8 Å². The monoisotopic (exact) mass is 312 g/mol. The van der Waals surface area contributed by atoms with Gasteiger partial charge in [0.05, 0.1) is 0 Å². The van der Waals surface area contributed by atoms with Crippen molar-refractivity contribution in [2.24, 2.45) is 0 Å². The number of carbonyl (C=O) groups excluding carboxylic acids is 1. The average molecular weight is 312 g/mol. The first kappa shape index (κ1) is 14.8. The zero-order chi connectivity index (χ0) is 16.2. The molecule has 2 heterocycles. The Hall–Kier alpha value is -3.09. The van der Waals surface area contributed by atoms with Crippen LogP contribution in [-0.4, -0.2) is 27.0 Å². The lowest BCUT2D eigenvalue weighted by atomic mass is 10.2. The van der Waals surface area contributed by atoms with Crippen molar-refractivity contribution in [2.75, 3.05) is 6.54 Å². The Morgan fingerprint density at radius 3 is 2.83 bits per heavy atom. The molecule has 0 saturated carbocycles. The third-order valence-electron chi connectivity index (χ3n) is 3.61. The van der Waals surface area contributed by atoms with Crippen molar-refractivity contribution in [3.63, 3.8) is 0 Å². The summed E-state index contributed by atoms with van der Waals surface area (Å²) in [5.41, 5.74) is -0.277. The summed E-state index contributed by atoms with van der Waals surface area (Å²) >= 11 is 0. The zero-order valence-electron chi connectivity index (χ0n) is 12.3. The molecule has 0 fully saturated rings. The number of amides is 1. The smallest absolute Gasteiger partial charge is 0.325 e. The standard InChI is InChI=1S/C16H16N4O3/c21-14(12-10-18-16(23)19-15(12)22)17-7-3-8-20-9-6-11-4-1-2-5-13(11)20/h1-2,4-6,9-10H,3,7-8H2,(H,17,21)(H2,18,19,22,23). The van der Waals surface area contributed by atoms with E-state index in [9.17, 15) is 14.4 Å². The van der Waals surface area contributed by atoms with Crippen molar-refractivity contribution in [3.8, 4) is 0 Å². The van der Waals surface area contributed by atoms with E-state index < -0.39 is 17.2 Å². The van der Waals surface area contributed by atoms with Crippen LogP contribution in [0.2, 0.25) is 0 Å². The molecule has 0 unspecified atom stereocenters. The zero-order valence-corrected chi connectivity index (χ0v) is 12.3. The Morgan fingerprint density at radius 1 is 1.17 bits per heavy atom. The largest absolute Gasteiger partial charge is 0.352 e. The molecule has 3 aromatic rings. The number of aromatic amines is 2. The van der Waals surface area contributed by atoms with Crippen LogP contribution in [0.5, 0.6) is 0 Å². The average Bonchev–Trinajstić information content (AvgIpc) is 2.94. The molecule has 0 radical (unpaired) electrons. The van der Waals surface area contributed by atoms with Crippen LogP contribution < -0.4 is 16.6 Å². The molecular formula is C16H16N4O3. The van der Waals surface area contributed by atoms with Crippen LogP contribution in [-0.2, 0) is 6.54 Å². The summed E-state index contributed by atoms with van der Waals surface area (Å²) in [6.45, 7) is 1.19. The van der Waals surface area contributed by atoms with Crippen LogP contribution in [0.1, 0.15) is 16.8 Å². The highest BCUT2D eigenvalue weighted by Gasteiger charge is 2.10. The molecule has 3 rings (SSSR count). The first-order valence-electron chi connectivity index (χ1n) is 7.29. The minimum atomic E-state index is -0.692. The van der Waals surface area contributed by atoms with Gasteiger partial charge in [-0.1, -0.05) is 18.2 Å². The molecule has 118 valence electrons. The molecule has 0 aliphatic carbocycles. The summed E-state index contributed by atoms with van der Waals surface area (Å²) in [6, 6.07) is 10.1. The van der Waals surface area contributed by atoms with Gasteiger partial charge in [0.15, 0.2) is 0 Å². The number of rotatable bonds is 5. The summed E-state index contributed by atoms with van der Waals surface area (Å²) in [7, 11) is 0. The predicted octanol–water partition coefficient (Wildman–Crippen LogP) is 0.838. The van der Waals surface area contributed by atoms with Crippen LogP contribution in [0.25, 0.3) is 10.9 Å². The van der Waals surface area contributed by atoms with E-state index in [-0.39, 0.29) is 5.56 Å². The molecule has 7 heteroatoms. The Labute approximate surface area is 131 Å². The number of hydrogen-bond acceptors (Lipinski definition) is 3. The summed E-state index contributed by atoms with van der Waals surface area (Å²) < 4.78 is 2.12. The highest BCUT2D eigenvalue weighted by atomic mass is 16.2. The van der Waals surface area contributed by atoms with Gasteiger partial charge in [-0.25, -0.2) is 4.79 Å². The minimum absolute atomic E-state index is 0.101. The lowest BCUT2D eigenvalue weighted by Gasteiger charge is -2.07. The minimum Gasteiger partial charge on any atom is -0.352 e. The maximum atomic E-state index is 11.9. The summed E-state index contributed by atoms with van der Waals surface area (Å²) in [5, 5.41) is 3.85. The topological polar surface area (TPSA) is 99.8 Å². The van der Waals surface area contributed by atoms with Crippen molar-refractivity contribution in [1.82, 2.24) is 19.9 Å². The van der Waals surface area contributed by atoms with Crippen LogP contribution in [0.4, 0.5) is 0 Å². The molecule has 23 heavy (non-hydrogen) atoms. The van der Waals surface area contributed by atoms with Crippen LogP contribution >= 0.6 is 0 Å². The molecule has 1 aromatic carbocycles. The predicted molar refractivity (Wildman–Crippen MR) is 86.6 cm³/mol. The van der Waals surface area contributed by atoms with Gasteiger partial charge in [0, 0.05) is 31.0 Å². The van der Waals surface area contributed by atoms with Gasteiger partial charge in [-0.05, 0) is 23.9 Å². The number of benzene rings is 1. The van der Waals surface area contributed by atoms with Gasteiger partial charge in [-0.2, -0.15) is 0 Å². The Kier molecular flexibility index (Phi) is 4.09. The van der Waals surface area contributed by atoms with Gasteiger partial charge in [-0.3, -0.25) is 14.6 Å². The molecule has 0 saturated heterocycles. The lowest BCUT2D eigenvalue weighted by Crippen LogP contribution is -2.34. The summed E-state index contributed by atoms with van der Waals surface area (Å²) in [5.74, 6) is -0.500. The number of nitrogens with zero attached hydrogens (tertiary/aromatic N) is 1. The molecule has 0 aliphatic heterocycles. The number of hydrogen-bond donors (Lipinski definition) is 3. The molecule has 0 spiro atoms. The van der Waals surface area contributed by atoms with Gasteiger partial charge in [0.1, 0.15) is 5.56 Å². The van der Waals surface area contributed by atoms with Crippen LogP contribution in [0.15, 0.2) is 52.3 Å². The highest BCUT2D eigenvalue weighted by molar-refractivity contribution is 5.93. The van der Waals surface area contributed by atoms with Gasteiger partial charge in [0.25, 0.3) is 11.5 Å². The quantitative estimate of drug-likeness (QED) is 0.609. The van der Waals surface area contributed by atoms with Crippen molar-refractivity contribution in [3.05, 3.63) is 69.1 Å². The van der Waals surface area contributed by atoms with Crippen LogP contribution in [0, 0.1) is 0 Å². The second-order valence-electron chi connectivity index (χ2n) is 5.16. The highest BCUT2D eigenvalue weighted by Crippen LogP contribution is 2.15. The second kappa shape index (κ2) is 6.35. The van der Waals surface area contributed by atoms with E-state index in [1.165, 1.54) is 5.39 Å². The third kappa shape index (κ3) is 3.23. The van der Waals surface area contributed by atoms with E-state index in [0.717, 1.165) is 24.7 Å². The Balaban J connectivity index is 1.56. The molecule has 0 bridgehead atoms. The fourth-order valence-corrected chi connectivity index (χ4v) is 2.46. The molecule has 0 atom stereocenters. The van der Waals surface area contributed by atoms with E-state index in [1.54, 1.807) is 0 Å². The SMILES string of the molecule is O=C(NCCCn1ccc2ccccc21)c1c[nH]c(=O)[nH]c1=O. The number of para-hydroxylation sites is 1. The first-order chi connectivity index (χ1) is 11.1. The van der Waals surface area contributed by atoms with E-state index in [2.05, 4.69) is 20.9 Å². The fraction of sp³-hybridized carbons (Fsp3) is 0.188. The second-order valence-corrected chi connectivity index (χ2v) is 5.16. The Morgan fingerprint density at radius 2 is 2.00 bits per heavy atom. The van der Waals surface area contributed by atoms with Gasteiger partial charge < -0.3 is 14.9 Å². The molecule has 0 aliphatic rings. The summed E-state index contributed by atoms with van der Waals surface area (Å²) in [4.78, 5) is 38.6. The maximum absolute atomic E-state index is 11.9. The van der Waals surface area contributed by atoms with Gasteiger partial charge in [-0.15, -0.1) is 0 Å². The molecule has 1 amide bonds. The molecule has 3 N–H and O–H groups in total. The fourth-order valence-electron chi connectivity index (χ4n) is 2.46. The molecule has 7 nitrogen and oxygen atoms in total. The van der Waals surface area contributed by atoms with Gasteiger partial charge >= 0.3 is 5.69 Å². The number of carbonyl (C=O) groups is 1. The van der Waals surface area contributed by atoms with Crippen molar-refractivity contribution in [2.45, 2.75) is 13.0 Å².